The number of benzene rings is 2. The van der Waals surface area contributed by atoms with Crippen LogP contribution in [0.3, 0.4) is 0 Å². The molecule has 0 bridgehead atoms. The Labute approximate surface area is 215 Å². The van der Waals surface area contributed by atoms with Crippen molar-refractivity contribution in [1.82, 2.24) is 19.4 Å². The summed E-state index contributed by atoms with van der Waals surface area (Å²) in [4.78, 5) is 24.1. The maximum atomic E-state index is 14.1. The normalized spacial score (nSPS) is 16.5. The third-order valence-electron chi connectivity index (χ3n) is 6.99. The highest BCUT2D eigenvalue weighted by Crippen LogP contribution is 2.52. The summed E-state index contributed by atoms with van der Waals surface area (Å²) < 4.78 is 29.3. The molecule has 0 amide bonds. The van der Waals surface area contributed by atoms with Crippen LogP contribution in [0.5, 0.6) is 0 Å². The van der Waals surface area contributed by atoms with Crippen LogP contribution < -0.4 is 10.9 Å². The molecule has 2 aromatic heterocycles. The molecule has 1 N–H and O–H groups in total. The molecule has 0 unspecified atom stereocenters. The van der Waals surface area contributed by atoms with Gasteiger partial charge in [0, 0.05) is 36.6 Å². The Morgan fingerprint density at radius 2 is 1.89 bits per heavy atom. The van der Waals surface area contributed by atoms with Gasteiger partial charge in [-0.3, -0.25) is 9.36 Å². The van der Waals surface area contributed by atoms with Gasteiger partial charge in [0.25, 0.3) is 12.0 Å². The number of pyridine rings is 1. The SMILES string of the molecule is CN1Cc2cc(Nc3ncc4c(=O)n(-c5c(Cl)cccc5Cl)cc(C(F)F)c4n3)ccc2C2(CC2)C1. The van der Waals surface area contributed by atoms with E-state index in [1.54, 1.807) is 6.07 Å². The Morgan fingerprint density at radius 1 is 1.14 bits per heavy atom. The standard InChI is InChI=1S/C26H21Cl2F2N5O/c1-34-11-14-9-15(5-6-18(14)26(13-34)7-8-26)32-25-31-10-16-21(33-25)17(23(29)30)12-35(24(16)36)22-19(27)3-2-4-20(22)28/h2-6,9-10,12,23H,7-8,11,13H2,1H3,(H,31,32,33). The maximum Gasteiger partial charge on any atom is 0.267 e. The van der Waals surface area contributed by atoms with Gasteiger partial charge in [-0.25, -0.2) is 18.7 Å². The Morgan fingerprint density at radius 3 is 2.58 bits per heavy atom. The Bertz CT molecular complexity index is 1560. The van der Waals surface area contributed by atoms with E-state index in [9.17, 15) is 13.6 Å². The van der Waals surface area contributed by atoms with Crippen LogP contribution in [0.1, 0.15) is 36.0 Å². The topological polar surface area (TPSA) is 63.1 Å². The fraction of sp³-hybridized carbons (Fsp3) is 0.269. The molecule has 2 aliphatic rings. The monoisotopic (exact) mass is 527 g/mol. The summed E-state index contributed by atoms with van der Waals surface area (Å²) in [5.74, 6) is 0.127. The zero-order chi connectivity index (χ0) is 25.2. The lowest BCUT2D eigenvalue weighted by Crippen LogP contribution is -2.35. The van der Waals surface area contributed by atoms with Crippen LogP contribution in [-0.2, 0) is 12.0 Å². The van der Waals surface area contributed by atoms with Gasteiger partial charge >= 0.3 is 0 Å². The van der Waals surface area contributed by atoms with Gasteiger partial charge in [0.1, 0.15) is 0 Å². The molecule has 184 valence electrons. The van der Waals surface area contributed by atoms with E-state index in [-0.39, 0.29) is 38.0 Å². The van der Waals surface area contributed by atoms with Gasteiger partial charge in [-0.05, 0) is 55.3 Å². The molecule has 1 saturated carbocycles. The minimum atomic E-state index is -2.89. The minimum absolute atomic E-state index is 0.0583. The van der Waals surface area contributed by atoms with Crippen molar-refractivity contribution in [2.75, 3.05) is 18.9 Å². The predicted molar refractivity (Wildman–Crippen MR) is 137 cm³/mol. The summed E-state index contributed by atoms with van der Waals surface area (Å²) in [6, 6.07) is 10.8. The molecule has 3 heterocycles. The van der Waals surface area contributed by atoms with Crippen molar-refractivity contribution in [2.45, 2.75) is 31.2 Å². The number of aromatic nitrogens is 3. The van der Waals surface area contributed by atoms with E-state index < -0.39 is 17.5 Å². The van der Waals surface area contributed by atoms with Crippen molar-refractivity contribution >= 4 is 45.7 Å². The molecule has 1 aliphatic heterocycles. The number of hydrogen-bond acceptors (Lipinski definition) is 5. The van der Waals surface area contributed by atoms with Crippen LogP contribution >= 0.6 is 23.2 Å². The molecule has 2 aromatic carbocycles. The number of alkyl halides is 2. The second-order valence-corrected chi connectivity index (χ2v) is 10.4. The lowest BCUT2D eigenvalue weighted by molar-refractivity contribution is 0.152. The smallest absolute Gasteiger partial charge is 0.267 e. The zero-order valence-corrected chi connectivity index (χ0v) is 20.7. The summed E-state index contributed by atoms with van der Waals surface area (Å²) in [6.45, 7) is 1.90. The van der Waals surface area contributed by atoms with E-state index >= 15 is 0 Å². The van der Waals surface area contributed by atoms with Gasteiger partial charge < -0.3 is 10.2 Å². The number of rotatable bonds is 4. The molecular formula is C26H21Cl2F2N5O. The van der Waals surface area contributed by atoms with Crippen molar-refractivity contribution < 1.29 is 8.78 Å². The number of likely N-dealkylation sites (N-methyl/N-ethyl adjacent to an activating group) is 1. The highest BCUT2D eigenvalue weighted by atomic mass is 35.5. The Kier molecular flexibility index (Phi) is 5.51. The maximum absolute atomic E-state index is 14.1. The first-order chi connectivity index (χ1) is 17.3. The highest BCUT2D eigenvalue weighted by molar-refractivity contribution is 6.37. The Balaban J connectivity index is 1.42. The van der Waals surface area contributed by atoms with Crippen LogP contribution in [0.25, 0.3) is 16.6 Å². The largest absolute Gasteiger partial charge is 0.324 e. The van der Waals surface area contributed by atoms with Gasteiger partial charge in [-0.2, -0.15) is 0 Å². The Hall–Kier alpha value is -3.07. The molecule has 6 nitrogen and oxygen atoms in total. The van der Waals surface area contributed by atoms with Crippen LogP contribution in [0.2, 0.25) is 10.0 Å². The second-order valence-electron chi connectivity index (χ2n) is 9.54. The van der Waals surface area contributed by atoms with Crippen molar-refractivity contribution in [2.24, 2.45) is 0 Å². The van der Waals surface area contributed by atoms with Crippen molar-refractivity contribution in [3.63, 3.8) is 0 Å². The number of fused-ring (bicyclic) bond motifs is 3. The molecule has 1 aliphatic carbocycles. The molecule has 4 aromatic rings. The van der Waals surface area contributed by atoms with Crippen LogP contribution in [0, 0.1) is 0 Å². The molecule has 36 heavy (non-hydrogen) atoms. The quantitative estimate of drug-likeness (QED) is 0.340. The molecule has 0 atom stereocenters. The fourth-order valence-electron chi connectivity index (χ4n) is 5.23. The molecule has 0 radical (unpaired) electrons. The third-order valence-corrected chi connectivity index (χ3v) is 7.60. The zero-order valence-electron chi connectivity index (χ0n) is 19.2. The fourth-order valence-corrected chi connectivity index (χ4v) is 5.81. The minimum Gasteiger partial charge on any atom is -0.324 e. The van der Waals surface area contributed by atoms with E-state index in [1.807, 2.05) is 6.07 Å². The van der Waals surface area contributed by atoms with Gasteiger partial charge in [0.2, 0.25) is 5.95 Å². The number of para-hydroxylation sites is 1. The van der Waals surface area contributed by atoms with E-state index in [4.69, 9.17) is 23.2 Å². The van der Waals surface area contributed by atoms with E-state index in [0.29, 0.717) is 0 Å². The number of hydrogen-bond donors (Lipinski definition) is 1. The van der Waals surface area contributed by atoms with Gasteiger partial charge in [-0.15, -0.1) is 0 Å². The summed E-state index contributed by atoms with van der Waals surface area (Å²) in [5, 5.41) is 3.39. The van der Waals surface area contributed by atoms with Crippen LogP contribution in [0.15, 0.2) is 53.6 Å². The number of nitrogens with one attached hydrogen (secondary N) is 1. The lowest BCUT2D eigenvalue weighted by atomic mass is 9.87. The molecule has 1 fully saturated rings. The summed E-state index contributed by atoms with van der Waals surface area (Å²) in [5.41, 5.74) is 2.62. The molecule has 10 heteroatoms. The van der Waals surface area contributed by atoms with E-state index in [0.717, 1.165) is 29.5 Å². The van der Waals surface area contributed by atoms with Crippen LogP contribution in [0.4, 0.5) is 20.4 Å². The van der Waals surface area contributed by atoms with E-state index in [1.165, 1.54) is 42.3 Å². The van der Waals surface area contributed by atoms with E-state index in [2.05, 4.69) is 39.4 Å². The van der Waals surface area contributed by atoms with Crippen molar-refractivity contribution in [1.29, 1.82) is 0 Å². The van der Waals surface area contributed by atoms with Gasteiger partial charge in [-0.1, -0.05) is 35.3 Å². The second kappa shape index (κ2) is 8.50. The summed E-state index contributed by atoms with van der Waals surface area (Å²) in [6.07, 6.45) is 1.79. The highest BCUT2D eigenvalue weighted by Gasteiger charge is 2.48. The number of halogens is 4. The molecule has 0 saturated heterocycles. The van der Waals surface area contributed by atoms with Crippen molar-refractivity contribution in [3.8, 4) is 5.69 Å². The molecular weight excluding hydrogens is 507 g/mol. The first-order valence-corrected chi connectivity index (χ1v) is 12.3. The molecule has 1 spiro atoms. The van der Waals surface area contributed by atoms with Gasteiger partial charge in [0.05, 0.1) is 32.2 Å². The number of nitrogens with zero attached hydrogens (tertiary/aromatic N) is 4. The van der Waals surface area contributed by atoms with Crippen molar-refractivity contribution in [3.05, 3.63) is 85.9 Å². The van der Waals surface area contributed by atoms with Gasteiger partial charge in [0.15, 0.2) is 0 Å². The summed E-state index contributed by atoms with van der Waals surface area (Å²) in [7, 11) is 2.12. The first kappa shape index (κ1) is 23.3. The average molecular weight is 528 g/mol. The molecule has 6 rings (SSSR count). The lowest BCUT2D eigenvalue weighted by Gasteiger charge is -2.32. The summed E-state index contributed by atoms with van der Waals surface area (Å²) >= 11 is 12.5. The average Bonchev–Trinajstić information content (AvgIpc) is 3.59. The third kappa shape index (κ3) is 3.84. The van der Waals surface area contributed by atoms with Crippen LogP contribution in [-0.4, -0.2) is 33.0 Å². The number of anilines is 2. The first-order valence-electron chi connectivity index (χ1n) is 11.5. The predicted octanol–water partition coefficient (Wildman–Crippen LogP) is 6.25.